The van der Waals surface area contributed by atoms with Crippen LogP contribution in [0.15, 0.2) is 119 Å². The topological polar surface area (TPSA) is 135 Å². The van der Waals surface area contributed by atoms with Crippen LogP contribution in [0, 0.1) is 40.9 Å². The molecule has 0 unspecified atom stereocenters. The summed E-state index contributed by atoms with van der Waals surface area (Å²) in [6.07, 6.45) is 5.34. The van der Waals surface area contributed by atoms with Crippen molar-refractivity contribution in [3.8, 4) is 18.2 Å². The van der Waals surface area contributed by atoms with Gasteiger partial charge in [-0.3, -0.25) is 19.4 Å². The molecule has 0 saturated carbocycles. The van der Waals surface area contributed by atoms with Crippen molar-refractivity contribution in [2.75, 3.05) is 13.1 Å². The summed E-state index contributed by atoms with van der Waals surface area (Å²) in [6, 6.07) is 37.0. The first kappa shape index (κ1) is 39.6. The second-order valence-corrected chi connectivity index (χ2v) is 15.3. The van der Waals surface area contributed by atoms with Crippen molar-refractivity contribution < 1.29 is 0 Å². The number of nitrogens with zero attached hydrogens (tertiary/aromatic N) is 8. The van der Waals surface area contributed by atoms with Crippen molar-refractivity contribution in [2.24, 2.45) is 0 Å². The number of fused-ring (bicyclic) bond motifs is 2. The second kappa shape index (κ2) is 18.1. The van der Waals surface area contributed by atoms with Crippen LogP contribution in [0.4, 0.5) is 0 Å². The van der Waals surface area contributed by atoms with E-state index in [1.807, 2.05) is 67.0 Å². The number of aryl methyl sites for hydroxylation is 1. The van der Waals surface area contributed by atoms with Gasteiger partial charge in [-0.2, -0.15) is 20.9 Å². The second-order valence-electron chi connectivity index (χ2n) is 14.9. The highest BCUT2D eigenvalue weighted by molar-refractivity contribution is 6.30. The molecule has 2 aliphatic rings. The molecular weight excluding hydrogens is 744 g/mol. The minimum atomic E-state index is -0.0390. The number of nitriles is 3. The largest absolute Gasteiger partial charge is 0.311 e. The van der Waals surface area contributed by atoms with E-state index < -0.39 is 0 Å². The summed E-state index contributed by atoms with van der Waals surface area (Å²) < 4.78 is 3.29. The summed E-state index contributed by atoms with van der Waals surface area (Å²) in [7, 11) is 0. The summed E-state index contributed by atoms with van der Waals surface area (Å²) >= 11 is 5.93. The Hall–Kier alpha value is -6.61. The van der Waals surface area contributed by atoms with Gasteiger partial charge >= 0.3 is 0 Å². The predicted molar refractivity (Wildman–Crippen MR) is 223 cm³/mol. The number of hydrogen-bond donors (Lipinski definition) is 0. The maximum Gasteiger partial charge on any atom is 0.271 e. The number of hydrogen-bond acceptors (Lipinski definition) is 8. The average Bonchev–Trinajstić information content (AvgIpc) is 3.25. The lowest BCUT2D eigenvalue weighted by Gasteiger charge is -2.28. The van der Waals surface area contributed by atoms with Gasteiger partial charge in [-0.1, -0.05) is 65.7 Å². The van der Waals surface area contributed by atoms with E-state index in [9.17, 15) is 20.1 Å². The van der Waals surface area contributed by atoms with E-state index in [1.54, 1.807) is 16.7 Å². The fourth-order valence-corrected chi connectivity index (χ4v) is 7.63. The van der Waals surface area contributed by atoms with Crippen LogP contribution in [-0.4, -0.2) is 37.2 Å². The summed E-state index contributed by atoms with van der Waals surface area (Å²) in [6.45, 7) is 7.23. The van der Waals surface area contributed by atoms with Gasteiger partial charge in [0, 0.05) is 61.6 Å². The molecule has 0 spiro atoms. The molecule has 0 aliphatic carbocycles. The summed E-state index contributed by atoms with van der Waals surface area (Å²) in [5.41, 5.74) is 10.7. The van der Waals surface area contributed by atoms with Gasteiger partial charge in [-0.25, -0.2) is 4.68 Å². The van der Waals surface area contributed by atoms with Gasteiger partial charge in [0.25, 0.3) is 11.1 Å². The minimum Gasteiger partial charge on any atom is -0.311 e. The molecule has 6 aromatic rings. The highest BCUT2D eigenvalue weighted by Gasteiger charge is 2.22. The zero-order valence-electron chi connectivity index (χ0n) is 32.2. The zero-order chi connectivity index (χ0) is 40.6. The molecule has 2 aliphatic heterocycles. The third kappa shape index (κ3) is 9.66. The van der Waals surface area contributed by atoms with Crippen molar-refractivity contribution >= 4 is 11.6 Å². The highest BCUT2D eigenvalue weighted by atomic mass is 35.5. The van der Waals surface area contributed by atoms with Crippen LogP contribution in [0.2, 0.25) is 5.02 Å². The molecule has 2 aromatic heterocycles. The molecule has 0 fully saturated rings. The first-order valence-electron chi connectivity index (χ1n) is 19.1. The standard InChI is InChI=1S/C25H22N4O.C22H19ClN4O/c1-18-2-4-19(5-3-18)16-29-9-7-23-6-8-28(17-24(23)25(29)30)15-22-11-20(13-26)10-21(12-22)14-27;23-20-6-4-16(5-7-20)14-27-22(28)21-15-26(9-8-19(21)12-25-27)13-18-3-1-2-17(10-18)11-24/h2-5,7,9-12H,6,8,15-17H2,1H3;1-7,10,12H,8-9,13-15H2. The molecule has 4 heterocycles. The van der Waals surface area contributed by atoms with E-state index in [1.165, 1.54) is 10.2 Å². The van der Waals surface area contributed by atoms with Gasteiger partial charge in [0.05, 0.1) is 54.2 Å². The van der Waals surface area contributed by atoms with Gasteiger partial charge < -0.3 is 4.57 Å². The van der Waals surface area contributed by atoms with Crippen molar-refractivity contribution in [3.63, 3.8) is 0 Å². The van der Waals surface area contributed by atoms with Crippen LogP contribution in [0.25, 0.3) is 0 Å². The van der Waals surface area contributed by atoms with Gasteiger partial charge in [0.2, 0.25) is 0 Å². The number of rotatable bonds is 8. The zero-order valence-corrected chi connectivity index (χ0v) is 33.0. The Labute approximate surface area is 342 Å². The number of halogens is 1. The fraction of sp³-hybridized carbons (Fsp3) is 0.234. The van der Waals surface area contributed by atoms with Crippen LogP contribution in [-0.2, 0) is 52.1 Å². The molecule has 0 N–H and O–H groups in total. The van der Waals surface area contributed by atoms with E-state index in [4.69, 9.17) is 16.9 Å². The monoisotopic (exact) mass is 784 g/mol. The lowest BCUT2D eigenvalue weighted by Crippen LogP contribution is -2.37. The Kier molecular flexibility index (Phi) is 12.4. The average molecular weight is 785 g/mol. The van der Waals surface area contributed by atoms with E-state index in [0.717, 1.165) is 70.4 Å². The molecule has 10 nitrogen and oxygen atoms in total. The summed E-state index contributed by atoms with van der Waals surface area (Å²) in [4.78, 5) is 30.6. The van der Waals surface area contributed by atoms with E-state index in [-0.39, 0.29) is 11.1 Å². The Morgan fingerprint density at radius 1 is 0.621 bits per heavy atom. The first-order valence-corrected chi connectivity index (χ1v) is 19.5. The molecular formula is C47H41ClN8O2. The fourth-order valence-electron chi connectivity index (χ4n) is 7.50. The Morgan fingerprint density at radius 3 is 1.88 bits per heavy atom. The molecule has 0 atom stereocenters. The predicted octanol–water partition coefficient (Wildman–Crippen LogP) is 6.88. The maximum absolute atomic E-state index is 13.1. The van der Waals surface area contributed by atoms with Crippen molar-refractivity contribution in [1.29, 1.82) is 15.8 Å². The van der Waals surface area contributed by atoms with Crippen LogP contribution >= 0.6 is 11.6 Å². The Bertz CT molecular complexity index is 2670. The Morgan fingerprint density at radius 2 is 1.21 bits per heavy atom. The third-order valence-corrected chi connectivity index (χ3v) is 10.8. The molecule has 0 saturated heterocycles. The normalized spacial score (nSPS) is 13.5. The van der Waals surface area contributed by atoms with Crippen LogP contribution < -0.4 is 11.1 Å². The maximum atomic E-state index is 13.1. The summed E-state index contributed by atoms with van der Waals surface area (Å²) in [5.74, 6) is 0. The van der Waals surface area contributed by atoms with Gasteiger partial charge in [-0.05, 0) is 102 Å². The molecule has 11 heteroatoms. The number of benzene rings is 4. The van der Waals surface area contributed by atoms with Gasteiger partial charge in [0.1, 0.15) is 0 Å². The first-order chi connectivity index (χ1) is 28.2. The lowest BCUT2D eigenvalue weighted by molar-refractivity contribution is 0.242. The molecule has 8 rings (SSSR count). The number of pyridine rings is 1. The molecule has 58 heavy (non-hydrogen) atoms. The van der Waals surface area contributed by atoms with E-state index in [0.29, 0.717) is 61.0 Å². The highest BCUT2D eigenvalue weighted by Crippen LogP contribution is 2.21. The minimum absolute atomic E-state index is 0.0390. The molecule has 4 aromatic carbocycles. The van der Waals surface area contributed by atoms with Crippen molar-refractivity contribution in [2.45, 2.75) is 59.0 Å². The molecule has 0 radical (unpaired) electrons. The number of aromatic nitrogens is 3. The SMILES string of the molecule is Cc1ccc(Cn2ccc3c(c2=O)CN(Cc2cc(C#N)cc(C#N)c2)CC3)cc1.N#Cc1cccc(CN2CCc3cnn(Cc4ccc(Cl)cc4)c(=O)c3C2)c1. The smallest absolute Gasteiger partial charge is 0.271 e. The Balaban J connectivity index is 0.000000177. The molecule has 0 amide bonds. The van der Waals surface area contributed by atoms with Crippen LogP contribution in [0.5, 0.6) is 0 Å². The van der Waals surface area contributed by atoms with E-state index in [2.05, 4.69) is 70.4 Å². The lowest BCUT2D eigenvalue weighted by atomic mass is 10.00. The van der Waals surface area contributed by atoms with Gasteiger partial charge in [-0.15, -0.1) is 0 Å². The van der Waals surface area contributed by atoms with Gasteiger partial charge in [0.15, 0.2) is 0 Å². The molecule has 0 bridgehead atoms. The van der Waals surface area contributed by atoms with Crippen molar-refractivity contribution in [3.05, 3.63) is 202 Å². The van der Waals surface area contributed by atoms with Crippen molar-refractivity contribution in [1.82, 2.24) is 24.1 Å². The summed E-state index contributed by atoms with van der Waals surface area (Å²) in [5, 5.41) is 32.5. The molecule has 288 valence electrons. The van der Waals surface area contributed by atoms with E-state index >= 15 is 0 Å². The third-order valence-electron chi connectivity index (χ3n) is 10.6. The van der Waals surface area contributed by atoms with Crippen LogP contribution in [0.1, 0.15) is 66.8 Å². The van der Waals surface area contributed by atoms with Crippen LogP contribution in [0.3, 0.4) is 0 Å². The quantitative estimate of drug-likeness (QED) is 0.163.